The average molecular weight is 311 g/mol. The Morgan fingerprint density at radius 1 is 1.53 bits per heavy atom. The van der Waals surface area contributed by atoms with Crippen molar-refractivity contribution in [3.63, 3.8) is 0 Å². The van der Waals surface area contributed by atoms with Gasteiger partial charge in [-0.1, -0.05) is 0 Å². The Bertz CT molecular complexity index is 536. The molecule has 1 aromatic carbocycles. The number of halogens is 2. The van der Waals surface area contributed by atoms with E-state index >= 15 is 0 Å². The largest absolute Gasteiger partial charge is 0.495 e. The van der Waals surface area contributed by atoms with Gasteiger partial charge in [0.05, 0.1) is 22.0 Å². The summed E-state index contributed by atoms with van der Waals surface area (Å²) in [5.41, 5.74) is 0.147. The van der Waals surface area contributed by atoms with Crippen molar-refractivity contribution in [1.29, 1.82) is 5.26 Å². The summed E-state index contributed by atoms with van der Waals surface area (Å²) in [6.07, 6.45) is 0. The van der Waals surface area contributed by atoms with E-state index in [1.54, 1.807) is 0 Å². The lowest BCUT2D eigenvalue weighted by atomic mass is 10.2. The highest BCUT2D eigenvalue weighted by atomic mass is 79.9. The molecule has 0 N–H and O–H groups in total. The second-order valence-electron chi connectivity index (χ2n) is 2.54. The predicted octanol–water partition coefficient (Wildman–Crippen LogP) is 2.26. The van der Waals surface area contributed by atoms with E-state index in [9.17, 15) is 8.42 Å². The SMILES string of the molecule is COc1cc(S(=O)(=O)Cl)cc(C#N)c1Br. The molecule has 0 saturated heterocycles. The van der Waals surface area contributed by atoms with Crippen molar-refractivity contribution < 1.29 is 13.2 Å². The highest BCUT2D eigenvalue weighted by molar-refractivity contribution is 9.10. The number of hydrogen-bond acceptors (Lipinski definition) is 4. The first kappa shape index (κ1) is 12.3. The molecule has 80 valence electrons. The molecule has 0 atom stereocenters. The summed E-state index contributed by atoms with van der Waals surface area (Å²) in [5, 5.41) is 8.76. The lowest BCUT2D eigenvalue weighted by Gasteiger charge is -2.06. The maximum atomic E-state index is 11.1. The summed E-state index contributed by atoms with van der Waals surface area (Å²) in [7, 11) is 2.66. The molecule has 0 amide bonds. The van der Waals surface area contributed by atoms with Gasteiger partial charge in [-0.05, 0) is 22.0 Å². The molecule has 1 aromatic rings. The van der Waals surface area contributed by atoms with Crippen LogP contribution in [0.15, 0.2) is 21.5 Å². The zero-order valence-electron chi connectivity index (χ0n) is 7.49. The van der Waals surface area contributed by atoms with Gasteiger partial charge < -0.3 is 4.74 Å². The van der Waals surface area contributed by atoms with Crippen molar-refractivity contribution >= 4 is 35.7 Å². The summed E-state index contributed by atoms with van der Waals surface area (Å²) in [6.45, 7) is 0. The van der Waals surface area contributed by atoms with Gasteiger partial charge in [-0.15, -0.1) is 0 Å². The van der Waals surface area contributed by atoms with Crippen molar-refractivity contribution in [1.82, 2.24) is 0 Å². The molecule has 0 saturated carbocycles. The minimum absolute atomic E-state index is 0.147. The smallest absolute Gasteiger partial charge is 0.261 e. The molecule has 0 radical (unpaired) electrons. The first-order valence-corrected chi connectivity index (χ1v) is 6.72. The van der Waals surface area contributed by atoms with Crippen molar-refractivity contribution in [3.8, 4) is 11.8 Å². The van der Waals surface area contributed by atoms with E-state index in [1.807, 2.05) is 6.07 Å². The number of benzene rings is 1. The van der Waals surface area contributed by atoms with Crippen LogP contribution in [-0.4, -0.2) is 15.5 Å². The molecule has 0 bridgehead atoms. The Kier molecular flexibility index (Phi) is 3.60. The van der Waals surface area contributed by atoms with Crippen LogP contribution in [0.2, 0.25) is 0 Å². The normalized spacial score (nSPS) is 10.8. The summed E-state index contributed by atoms with van der Waals surface area (Å²) in [4.78, 5) is -0.166. The molecule has 0 fully saturated rings. The third-order valence-electron chi connectivity index (χ3n) is 1.63. The summed E-state index contributed by atoms with van der Waals surface area (Å²) >= 11 is 3.12. The maximum Gasteiger partial charge on any atom is 0.261 e. The molecule has 7 heteroatoms. The Balaban J connectivity index is 3.56. The third-order valence-corrected chi connectivity index (χ3v) is 3.79. The van der Waals surface area contributed by atoms with Crippen LogP contribution in [-0.2, 0) is 9.05 Å². The second kappa shape index (κ2) is 4.39. The van der Waals surface area contributed by atoms with Gasteiger partial charge in [0.15, 0.2) is 0 Å². The number of nitrogens with zero attached hydrogens (tertiary/aromatic N) is 1. The molecular weight excluding hydrogens is 306 g/mol. The van der Waals surface area contributed by atoms with Crippen LogP contribution in [0.4, 0.5) is 0 Å². The highest BCUT2D eigenvalue weighted by Crippen LogP contribution is 2.32. The number of methoxy groups -OCH3 is 1. The maximum absolute atomic E-state index is 11.1. The van der Waals surface area contributed by atoms with Crippen molar-refractivity contribution in [2.45, 2.75) is 4.90 Å². The molecule has 0 unspecified atom stereocenters. The highest BCUT2D eigenvalue weighted by Gasteiger charge is 2.16. The lowest BCUT2D eigenvalue weighted by Crippen LogP contribution is -1.95. The fourth-order valence-corrected chi connectivity index (χ4v) is 2.20. The summed E-state index contributed by atoms with van der Waals surface area (Å²) in [5.74, 6) is 0.244. The van der Waals surface area contributed by atoms with Gasteiger partial charge >= 0.3 is 0 Å². The van der Waals surface area contributed by atoms with Gasteiger partial charge in [0.2, 0.25) is 0 Å². The topological polar surface area (TPSA) is 67.2 Å². The van der Waals surface area contributed by atoms with Crippen molar-refractivity contribution in [2.24, 2.45) is 0 Å². The van der Waals surface area contributed by atoms with E-state index in [4.69, 9.17) is 20.7 Å². The average Bonchev–Trinajstić information content (AvgIpc) is 2.16. The van der Waals surface area contributed by atoms with E-state index in [1.165, 1.54) is 19.2 Å². The van der Waals surface area contributed by atoms with Gasteiger partial charge in [-0.25, -0.2) is 8.42 Å². The third kappa shape index (κ3) is 2.62. The van der Waals surface area contributed by atoms with Crippen LogP contribution >= 0.6 is 26.6 Å². The van der Waals surface area contributed by atoms with Gasteiger partial charge in [0.25, 0.3) is 9.05 Å². The van der Waals surface area contributed by atoms with E-state index in [0.717, 1.165) is 0 Å². The van der Waals surface area contributed by atoms with Crippen LogP contribution in [0.25, 0.3) is 0 Å². The Labute approximate surface area is 100.0 Å². The van der Waals surface area contributed by atoms with Crippen molar-refractivity contribution in [2.75, 3.05) is 7.11 Å². The minimum atomic E-state index is -3.86. The molecule has 4 nitrogen and oxygen atoms in total. The van der Waals surface area contributed by atoms with Gasteiger partial charge in [0.1, 0.15) is 11.8 Å². The molecular formula is C8H5BrClNO3S. The number of nitriles is 1. The van der Waals surface area contributed by atoms with Crippen LogP contribution in [0.3, 0.4) is 0 Å². The molecule has 0 aliphatic rings. The molecule has 0 spiro atoms. The molecule has 1 rings (SSSR count). The monoisotopic (exact) mass is 309 g/mol. The van der Waals surface area contributed by atoms with Gasteiger partial charge in [-0.3, -0.25) is 0 Å². The van der Waals surface area contributed by atoms with E-state index in [2.05, 4.69) is 15.9 Å². The van der Waals surface area contributed by atoms with E-state index in [-0.39, 0.29) is 16.2 Å². The lowest BCUT2D eigenvalue weighted by molar-refractivity contribution is 0.410. The van der Waals surface area contributed by atoms with Crippen LogP contribution in [0.1, 0.15) is 5.56 Å². The number of hydrogen-bond donors (Lipinski definition) is 0. The Morgan fingerprint density at radius 2 is 2.13 bits per heavy atom. The van der Waals surface area contributed by atoms with E-state index < -0.39 is 9.05 Å². The summed E-state index contributed by atoms with van der Waals surface area (Å²) in [6, 6.07) is 4.25. The molecule has 0 aliphatic carbocycles. The Hall–Kier alpha value is -0.770. The van der Waals surface area contributed by atoms with Gasteiger partial charge in [-0.2, -0.15) is 5.26 Å². The first-order chi connectivity index (χ1) is 6.90. The van der Waals surface area contributed by atoms with E-state index in [0.29, 0.717) is 4.47 Å². The molecule has 0 heterocycles. The standard InChI is InChI=1S/C8H5BrClNO3S/c1-14-7-3-6(15(10,12)13)2-5(4-11)8(7)9/h2-3H,1H3. The number of rotatable bonds is 2. The molecule has 0 aromatic heterocycles. The zero-order chi connectivity index (χ0) is 11.6. The van der Waals surface area contributed by atoms with Crippen LogP contribution in [0, 0.1) is 11.3 Å². The predicted molar refractivity (Wildman–Crippen MR) is 58.4 cm³/mol. The zero-order valence-corrected chi connectivity index (χ0v) is 10.6. The quantitative estimate of drug-likeness (QED) is 0.786. The first-order valence-electron chi connectivity index (χ1n) is 3.62. The van der Waals surface area contributed by atoms with Crippen molar-refractivity contribution in [3.05, 3.63) is 22.2 Å². The molecule has 0 aliphatic heterocycles. The number of ether oxygens (including phenoxy) is 1. The fraction of sp³-hybridized carbons (Fsp3) is 0.125. The minimum Gasteiger partial charge on any atom is -0.495 e. The van der Waals surface area contributed by atoms with Gasteiger partial charge in [0, 0.05) is 16.7 Å². The second-order valence-corrected chi connectivity index (χ2v) is 5.90. The van der Waals surface area contributed by atoms with Crippen LogP contribution < -0.4 is 4.74 Å². The fourth-order valence-electron chi connectivity index (χ4n) is 0.943. The molecule has 15 heavy (non-hydrogen) atoms. The van der Waals surface area contributed by atoms with Crippen LogP contribution in [0.5, 0.6) is 5.75 Å². The Morgan fingerprint density at radius 3 is 2.53 bits per heavy atom. The summed E-state index contributed by atoms with van der Waals surface area (Å²) < 4.78 is 27.4.